The van der Waals surface area contributed by atoms with Crippen molar-refractivity contribution in [3.63, 3.8) is 0 Å². The van der Waals surface area contributed by atoms with Crippen molar-refractivity contribution in [3.8, 4) is 0 Å². The highest BCUT2D eigenvalue weighted by atomic mass is 16.3. The third-order valence-electron chi connectivity index (χ3n) is 3.64. The van der Waals surface area contributed by atoms with Crippen LogP contribution in [0.5, 0.6) is 0 Å². The molecule has 110 valence electrons. The molecule has 5 heteroatoms. The van der Waals surface area contributed by atoms with Crippen molar-refractivity contribution in [2.75, 3.05) is 5.32 Å². The first-order valence-electron chi connectivity index (χ1n) is 6.92. The van der Waals surface area contributed by atoms with Crippen LogP contribution in [0.1, 0.15) is 47.2 Å². The zero-order chi connectivity index (χ0) is 15.1. The Morgan fingerprint density at radius 1 is 1.25 bits per heavy atom. The first kappa shape index (κ1) is 14.8. The Morgan fingerprint density at radius 3 is 2.45 bits per heavy atom. The van der Waals surface area contributed by atoms with Gasteiger partial charge in [-0.05, 0) is 26.8 Å². The molecule has 1 atom stereocenters. The fraction of sp³-hybridized carbons (Fsp3) is 0.600. The van der Waals surface area contributed by atoms with Crippen LogP contribution in [0.4, 0.5) is 5.82 Å². The van der Waals surface area contributed by atoms with Gasteiger partial charge in [0.25, 0.3) is 0 Å². The van der Waals surface area contributed by atoms with Gasteiger partial charge in [0.05, 0.1) is 17.3 Å². The highest BCUT2D eigenvalue weighted by Gasteiger charge is 2.26. The predicted molar refractivity (Wildman–Crippen MR) is 81.1 cm³/mol. The fourth-order valence-electron chi connectivity index (χ4n) is 1.79. The van der Waals surface area contributed by atoms with E-state index < -0.39 is 11.6 Å². The second-order valence-corrected chi connectivity index (χ2v) is 6.91. The molecule has 0 aliphatic heterocycles. The Balaban J connectivity index is 2.47. The number of rotatable bonds is 3. The molecule has 0 saturated carbocycles. The van der Waals surface area contributed by atoms with Gasteiger partial charge in [0, 0.05) is 17.8 Å². The normalized spacial score (nSPS) is 14.6. The monoisotopic (exact) mass is 276 g/mol. The zero-order valence-corrected chi connectivity index (χ0v) is 13.1. The summed E-state index contributed by atoms with van der Waals surface area (Å²) in [4.78, 5) is 4.39. The third-order valence-corrected chi connectivity index (χ3v) is 3.64. The number of anilines is 1. The molecule has 2 aromatic heterocycles. The van der Waals surface area contributed by atoms with Gasteiger partial charge in [-0.3, -0.25) is 0 Å². The van der Waals surface area contributed by atoms with Gasteiger partial charge in [-0.2, -0.15) is 5.10 Å². The number of nitrogens with zero attached hydrogens (tertiary/aromatic N) is 3. The number of aliphatic hydroxyl groups excluding tert-OH is 1. The van der Waals surface area contributed by atoms with E-state index in [0.717, 1.165) is 17.0 Å². The highest BCUT2D eigenvalue weighted by Crippen LogP contribution is 2.26. The first-order chi connectivity index (χ1) is 9.11. The minimum absolute atomic E-state index is 0.0108. The standard InChI is InChI=1S/C15H24N4O/c1-10(20)15(5,6)17-13-11-9-12(14(2,3)4)18-19(11)8-7-16-13/h7-10,20H,1-6H3,(H,16,17). The van der Waals surface area contributed by atoms with E-state index in [-0.39, 0.29) is 5.41 Å². The first-order valence-corrected chi connectivity index (χ1v) is 6.92. The van der Waals surface area contributed by atoms with Crippen LogP contribution in [0.3, 0.4) is 0 Å². The lowest BCUT2D eigenvalue weighted by atomic mass is 9.92. The number of fused-ring (bicyclic) bond motifs is 1. The number of hydrogen-bond donors (Lipinski definition) is 2. The Labute approximate surface area is 120 Å². The molecular weight excluding hydrogens is 252 g/mol. The maximum Gasteiger partial charge on any atom is 0.152 e. The van der Waals surface area contributed by atoms with Crippen molar-refractivity contribution in [2.24, 2.45) is 0 Å². The maximum atomic E-state index is 9.84. The van der Waals surface area contributed by atoms with Crippen molar-refractivity contribution < 1.29 is 5.11 Å². The molecule has 0 spiro atoms. The number of aromatic nitrogens is 3. The van der Waals surface area contributed by atoms with Gasteiger partial charge in [0.1, 0.15) is 5.52 Å². The zero-order valence-electron chi connectivity index (χ0n) is 13.1. The molecular formula is C15H24N4O. The molecule has 2 rings (SSSR count). The van der Waals surface area contributed by atoms with E-state index in [1.54, 1.807) is 13.1 Å². The summed E-state index contributed by atoms with van der Waals surface area (Å²) in [5.74, 6) is 0.737. The summed E-state index contributed by atoms with van der Waals surface area (Å²) >= 11 is 0. The molecule has 5 nitrogen and oxygen atoms in total. The summed E-state index contributed by atoms with van der Waals surface area (Å²) in [6.45, 7) is 12.1. The van der Waals surface area contributed by atoms with Crippen molar-refractivity contribution >= 4 is 11.3 Å². The van der Waals surface area contributed by atoms with Crippen molar-refractivity contribution in [3.05, 3.63) is 24.2 Å². The van der Waals surface area contributed by atoms with E-state index in [0.29, 0.717) is 0 Å². The van der Waals surface area contributed by atoms with Crippen LogP contribution in [-0.2, 0) is 5.41 Å². The minimum atomic E-state index is -0.491. The molecule has 0 saturated heterocycles. The summed E-state index contributed by atoms with van der Waals surface area (Å²) in [6, 6.07) is 2.05. The predicted octanol–water partition coefficient (Wildman–Crippen LogP) is 2.60. The molecule has 1 unspecified atom stereocenters. The van der Waals surface area contributed by atoms with Crippen LogP contribution in [0.15, 0.2) is 18.5 Å². The average Bonchev–Trinajstić information content (AvgIpc) is 2.73. The van der Waals surface area contributed by atoms with Crippen LogP contribution in [0.25, 0.3) is 5.52 Å². The number of hydrogen-bond acceptors (Lipinski definition) is 4. The van der Waals surface area contributed by atoms with E-state index in [4.69, 9.17) is 0 Å². The lowest BCUT2D eigenvalue weighted by molar-refractivity contribution is 0.133. The van der Waals surface area contributed by atoms with Crippen molar-refractivity contribution in [1.29, 1.82) is 0 Å². The van der Waals surface area contributed by atoms with E-state index in [2.05, 4.69) is 36.2 Å². The van der Waals surface area contributed by atoms with Gasteiger partial charge in [-0.15, -0.1) is 0 Å². The van der Waals surface area contributed by atoms with Gasteiger partial charge in [0.15, 0.2) is 5.82 Å². The molecule has 2 aromatic rings. The molecule has 0 radical (unpaired) electrons. The second-order valence-electron chi connectivity index (χ2n) is 6.91. The summed E-state index contributed by atoms with van der Waals surface area (Å²) in [6.07, 6.45) is 3.06. The molecule has 0 amide bonds. The Bertz CT molecular complexity index is 608. The Kier molecular flexibility index (Phi) is 3.50. The molecule has 20 heavy (non-hydrogen) atoms. The van der Waals surface area contributed by atoms with E-state index in [1.807, 2.05) is 30.6 Å². The molecule has 2 N–H and O–H groups in total. The Hall–Kier alpha value is -1.62. The quantitative estimate of drug-likeness (QED) is 0.904. The number of nitrogens with one attached hydrogen (secondary N) is 1. The summed E-state index contributed by atoms with van der Waals surface area (Å²) < 4.78 is 1.83. The average molecular weight is 276 g/mol. The summed E-state index contributed by atoms with van der Waals surface area (Å²) in [5, 5.41) is 17.7. The molecule has 0 bridgehead atoms. The minimum Gasteiger partial charge on any atom is -0.391 e. The van der Waals surface area contributed by atoms with Crippen LogP contribution < -0.4 is 5.32 Å². The topological polar surface area (TPSA) is 62.5 Å². The molecule has 0 fully saturated rings. The number of aliphatic hydroxyl groups is 1. The van der Waals surface area contributed by atoms with Crippen LogP contribution in [-0.4, -0.2) is 31.3 Å². The maximum absolute atomic E-state index is 9.84. The van der Waals surface area contributed by atoms with Crippen LogP contribution in [0.2, 0.25) is 0 Å². The summed E-state index contributed by atoms with van der Waals surface area (Å²) in [5.41, 5.74) is 1.47. The van der Waals surface area contributed by atoms with E-state index in [9.17, 15) is 5.11 Å². The summed E-state index contributed by atoms with van der Waals surface area (Å²) in [7, 11) is 0. The fourth-order valence-corrected chi connectivity index (χ4v) is 1.79. The highest BCUT2D eigenvalue weighted by molar-refractivity contribution is 5.69. The molecule has 2 heterocycles. The molecule has 0 aliphatic carbocycles. The third kappa shape index (κ3) is 2.77. The molecule has 0 aliphatic rings. The van der Waals surface area contributed by atoms with Gasteiger partial charge >= 0.3 is 0 Å². The second kappa shape index (κ2) is 4.74. The van der Waals surface area contributed by atoms with Crippen LogP contribution >= 0.6 is 0 Å². The van der Waals surface area contributed by atoms with E-state index >= 15 is 0 Å². The van der Waals surface area contributed by atoms with Gasteiger partial charge in [-0.1, -0.05) is 20.8 Å². The lowest BCUT2D eigenvalue weighted by Gasteiger charge is -2.30. The SMILES string of the molecule is CC(O)C(C)(C)Nc1nccn2nc(C(C)(C)C)cc12. The van der Waals surface area contributed by atoms with Crippen LogP contribution in [0, 0.1) is 0 Å². The van der Waals surface area contributed by atoms with Crippen molar-refractivity contribution in [1.82, 2.24) is 14.6 Å². The van der Waals surface area contributed by atoms with E-state index in [1.165, 1.54) is 0 Å². The van der Waals surface area contributed by atoms with Gasteiger partial charge in [0.2, 0.25) is 0 Å². The van der Waals surface area contributed by atoms with Crippen molar-refractivity contribution in [2.45, 2.75) is 58.6 Å². The van der Waals surface area contributed by atoms with Gasteiger partial charge < -0.3 is 10.4 Å². The lowest BCUT2D eigenvalue weighted by Crippen LogP contribution is -2.42. The molecule has 0 aromatic carbocycles. The largest absolute Gasteiger partial charge is 0.391 e. The van der Waals surface area contributed by atoms with Gasteiger partial charge in [-0.25, -0.2) is 9.50 Å². The Morgan fingerprint density at radius 2 is 1.90 bits per heavy atom. The smallest absolute Gasteiger partial charge is 0.152 e.